The average molecular weight is 267 g/mol. The third-order valence-corrected chi connectivity index (χ3v) is 3.68. The van der Waals surface area contributed by atoms with E-state index < -0.39 is 12.0 Å². The van der Waals surface area contributed by atoms with E-state index in [0.717, 1.165) is 17.2 Å². The van der Waals surface area contributed by atoms with Crippen LogP contribution in [0.5, 0.6) is 0 Å². The van der Waals surface area contributed by atoms with Crippen molar-refractivity contribution in [2.24, 2.45) is 0 Å². The number of hydrogen-bond donors (Lipinski definition) is 1. The zero-order valence-electron chi connectivity index (χ0n) is 10.8. The van der Waals surface area contributed by atoms with Crippen molar-refractivity contribution >= 4 is 22.6 Å². The Labute approximate surface area is 116 Å². The van der Waals surface area contributed by atoms with Crippen molar-refractivity contribution in [3.05, 3.63) is 36.0 Å². The largest absolute Gasteiger partial charge is 0.480 e. The topological polar surface area (TPSA) is 77.2 Å². The van der Waals surface area contributed by atoms with Gasteiger partial charge in [-0.2, -0.15) is 5.26 Å². The molecule has 1 atom stereocenters. The van der Waals surface area contributed by atoms with Gasteiger partial charge < -0.3 is 10.0 Å². The number of carbonyl (C=O) groups is 1. The lowest BCUT2D eigenvalue weighted by Gasteiger charge is -2.23. The maximum absolute atomic E-state index is 11.3. The van der Waals surface area contributed by atoms with Crippen LogP contribution in [0.1, 0.15) is 18.4 Å². The van der Waals surface area contributed by atoms with Crippen LogP contribution in [0, 0.1) is 11.3 Å². The zero-order chi connectivity index (χ0) is 14.1. The molecule has 1 aliphatic rings. The molecule has 0 radical (unpaired) electrons. The van der Waals surface area contributed by atoms with Crippen LogP contribution in [0.2, 0.25) is 0 Å². The summed E-state index contributed by atoms with van der Waals surface area (Å²) in [4.78, 5) is 17.5. The molecule has 20 heavy (non-hydrogen) atoms. The Kier molecular flexibility index (Phi) is 2.99. The molecular weight excluding hydrogens is 254 g/mol. The molecule has 0 saturated carbocycles. The summed E-state index contributed by atoms with van der Waals surface area (Å²) >= 11 is 0. The highest BCUT2D eigenvalue weighted by Gasteiger charge is 2.32. The quantitative estimate of drug-likeness (QED) is 0.902. The summed E-state index contributed by atoms with van der Waals surface area (Å²) < 4.78 is 0. The fourth-order valence-corrected chi connectivity index (χ4v) is 2.74. The number of pyridine rings is 1. The Bertz CT molecular complexity index is 721. The minimum absolute atomic E-state index is 0.510. The van der Waals surface area contributed by atoms with Gasteiger partial charge >= 0.3 is 5.97 Å². The first kappa shape index (κ1) is 12.4. The molecule has 100 valence electrons. The van der Waals surface area contributed by atoms with E-state index in [2.05, 4.69) is 11.1 Å². The first-order valence-corrected chi connectivity index (χ1v) is 6.49. The standard InChI is InChI=1S/C15H13N3O2/c16-9-10-3-4-12-11(8-10)5-6-17-14(12)18-7-1-2-13(18)15(19)20/h3-6,8,13H,1-2,7H2,(H,19,20). The lowest BCUT2D eigenvalue weighted by Crippen LogP contribution is -2.36. The van der Waals surface area contributed by atoms with E-state index in [-0.39, 0.29) is 0 Å². The summed E-state index contributed by atoms with van der Waals surface area (Å²) in [6, 6.07) is 8.81. The number of hydrogen-bond acceptors (Lipinski definition) is 4. The molecule has 5 nitrogen and oxygen atoms in total. The van der Waals surface area contributed by atoms with Crippen molar-refractivity contribution < 1.29 is 9.90 Å². The fraction of sp³-hybridized carbons (Fsp3) is 0.267. The summed E-state index contributed by atoms with van der Waals surface area (Å²) in [5, 5.41) is 20.0. The van der Waals surface area contributed by atoms with Crippen molar-refractivity contribution in [2.75, 3.05) is 11.4 Å². The molecule has 0 amide bonds. The van der Waals surface area contributed by atoms with Gasteiger partial charge in [-0.3, -0.25) is 0 Å². The Morgan fingerprint density at radius 2 is 2.30 bits per heavy atom. The zero-order valence-corrected chi connectivity index (χ0v) is 10.8. The van der Waals surface area contributed by atoms with E-state index in [9.17, 15) is 9.90 Å². The predicted molar refractivity (Wildman–Crippen MR) is 74.5 cm³/mol. The van der Waals surface area contributed by atoms with E-state index in [1.807, 2.05) is 17.0 Å². The Morgan fingerprint density at radius 1 is 1.45 bits per heavy atom. The van der Waals surface area contributed by atoms with Crippen LogP contribution < -0.4 is 4.90 Å². The smallest absolute Gasteiger partial charge is 0.326 e. The molecule has 1 fully saturated rings. The van der Waals surface area contributed by atoms with Gasteiger partial charge in [0.25, 0.3) is 0 Å². The summed E-state index contributed by atoms with van der Waals surface area (Å²) in [6.07, 6.45) is 3.16. The molecule has 1 unspecified atom stereocenters. The van der Waals surface area contributed by atoms with Crippen molar-refractivity contribution in [3.8, 4) is 6.07 Å². The number of aliphatic carboxylic acids is 1. The van der Waals surface area contributed by atoms with E-state index in [1.165, 1.54) is 0 Å². The molecule has 2 aromatic rings. The Balaban J connectivity index is 2.12. The number of benzene rings is 1. The van der Waals surface area contributed by atoms with Gasteiger partial charge in [-0.15, -0.1) is 0 Å². The van der Waals surface area contributed by atoms with Gasteiger partial charge in [-0.25, -0.2) is 9.78 Å². The summed E-state index contributed by atoms with van der Waals surface area (Å²) in [7, 11) is 0. The molecular formula is C15H13N3O2. The third-order valence-electron chi connectivity index (χ3n) is 3.68. The minimum Gasteiger partial charge on any atom is -0.480 e. The molecule has 1 aliphatic heterocycles. The number of aromatic nitrogens is 1. The van der Waals surface area contributed by atoms with Crippen LogP contribution in [0.3, 0.4) is 0 Å². The number of nitriles is 1. The van der Waals surface area contributed by atoms with Gasteiger partial charge in [-0.1, -0.05) is 0 Å². The number of anilines is 1. The highest BCUT2D eigenvalue weighted by molar-refractivity contribution is 5.94. The van der Waals surface area contributed by atoms with Gasteiger partial charge in [0.1, 0.15) is 11.9 Å². The van der Waals surface area contributed by atoms with Gasteiger partial charge in [0.2, 0.25) is 0 Å². The molecule has 5 heteroatoms. The lowest BCUT2D eigenvalue weighted by molar-refractivity contribution is -0.138. The lowest BCUT2D eigenvalue weighted by atomic mass is 10.1. The average Bonchev–Trinajstić information content (AvgIpc) is 2.95. The van der Waals surface area contributed by atoms with Crippen LogP contribution in [0.15, 0.2) is 30.5 Å². The van der Waals surface area contributed by atoms with E-state index in [0.29, 0.717) is 24.3 Å². The summed E-state index contributed by atoms with van der Waals surface area (Å²) in [5.41, 5.74) is 0.589. The monoisotopic (exact) mass is 267 g/mol. The molecule has 0 aliphatic carbocycles. The van der Waals surface area contributed by atoms with Gasteiger partial charge in [0.15, 0.2) is 0 Å². The first-order chi connectivity index (χ1) is 9.70. The third kappa shape index (κ3) is 1.95. The number of fused-ring (bicyclic) bond motifs is 1. The highest BCUT2D eigenvalue weighted by Crippen LogP contribution is 2.30. The molecule has 1 saturated heterocycles. The normalized spacial score (nSPS) is 18.1. The van der Waals surface area contributed by atoms with Crippen molar-refractivity contribution in [3.63, 3.8) is 0 Å². The number of rotatable bonds is 2. The van der Waals surface area contributed by atoms with Crippen molar-refractivity contribution in [1.82, 2.24) is 4.98 Å². The van der Waals surface area contributed by atoms with Gasteiger partial charge in [0.05, 0.1) is 11.6 Å². The molecule has 2 heterocycles. The van der Waals surface area contributed by atoms with E-state index in [1.54, 1.807) is 18.3 Å². The van der Waals surface area contributed by atoms with Crippen molar-refractivity contribution in [1.29, 1.82) is 5.26 Å². The second kappa shape index (κ2) is 4.82. The molecule has 1 aromatic carbocycles. The van der Waals surface area contributed by atoms with Crippen LogP contribution in [0.4, 0.5) is 5.82 Å². The summed E-state index contributed by atoms with van der Waals surface area (Å²) in [6.45, 7) is 0.698. The molecule has 0 spiro atoms. The molecule has 0 bridgehead atoms. The first-order valence-electron chi connectivity index (χ1n) is 6.49. The molecule has 3 rings (SSSR count). The van der Waals surface area contributed by atoms with E-state index >= 15 is 0 Å². The maximum atomic E-state index is 11.3. The van der Waals surface area contributed by atoms with E-state index in [4.69, 9.17) is 5.26 Å². The highest BCUT2D eigenvalue weighted by atomic mass is 16.4. The Morgan fingerprint density at radius 3 is 3.05 bits per heavy atom. The summed E-state index contributed by atoms with van der Waals surface area (Å²) in [5.74, 6) is -0.119. The Hall–Kier alpha value is -2.61. The maximum Gasteiger partial charge on any atom is 0.326 e. The van der Waals surface area contributed by atoms with Gasteiger partial charge in [0, 0.05) is 18.1 Å². The van der Waals surface area contributed by atoms with Crippen LogP contribution in [-0.4, -0.2) is 28.6 Å². The van der Waals surface area contributed by atoms with Crippen LogP contribution in [-0.2, 0) is 4.79 Å². The number of carboxylic acids is 1. The fourth-order valence-electron chi connectivity index (χ4n) is 2.74. The minimum atomic E-state index is -0.810. The number of carboxylic acid groups (broad SMARTS) is 1. The van der Waals surface area contributed by atoms with Gasteiger partial charge in [-0.05, 0) is 42.5 Å². The van der Waals surface area contributed by atoms with Crippen molar-refractivity contribution in [2.45, 2.75) is 18.9 Å². The molecule has 1 aromatic heterocycles. The SMILES string of the molecule is N#Cc1ccc2c(N3CCCC3C(=O)O)nccc2c1. The second-order valence-electron chi connectivity index (χ2n) is 4.87. The predicted octanol–water partition coefficient (Wildman–Crippen LogP) is 2.16. The number of nitrogens with zero attached hydrogens (tertiary/aromatic N) is 3. The van der Waals surface area contributed by atoms with Crippen LogP contribution in [0.25, 0.3) is 10.8 Å². The second-order valence-corrected chi connectivity index (χ2v) is 4.87. The molecule has 1 N–H and O–H groups in total. The van der Waals surface area contributed by atoms with Crippen LogP contribution >= 0.6 is 0 Å².